The molecular formula is C22H28BrN. The standard InChI is InChI=1S/C20H23N.C2H5Br/c1-3-21-15-14-19(16(21)2)20(17-10-6-4-7-11-17)18-12-8-5-9-13-18;1-2-3/h4-13,16H,3,14-15H2,1-2H3;2H2,1H3. The molecule has 128 valence electrons. The molecule has 0 spiro atoms. The van der Waals surface area contributed by atoms with E-state index in [0.29, 0.717) is 6.04 Å². The summed E-state index contributed by atoms with van der Waals surface area (Å²) in [5.74, 6) is 0. The van der Waals surface area contributed by atoms with Gasteiger partial charge in [-0.3, -0.25) is 4.90 Å². The summed E-state index contributed by atoms with van der Waals surface area (Å²) in [6.07, 6.45) is 1.17. The molecule has 1 atom stereocenters. The fourth-order valence-electron chi connectivity index (χ4n) is 3.40. The summed E-state index contributed by atoms with van der Waals surface area (Å²) in [5.41, 5.74) is 5.68. The van der Waals surface area contributed by atoms with E-state index in [0.717, 1.165) is 11.9 Å². The van der Waals surface area contributed by atoms with Gasteiger partial charge in [-0.05, 0) is 42.2 Å². The van der Waals surface area contributed by atoms with E-state index in [-0.39, 0.29) is 0 Å². The molecule has 3 rings (SSSR count). The number of hydrogen-bond acceptors (Lipinski definition) is 1. The van der Waals surface area contributed by atoms with Crippen molar-refractivity contribution in [3.8, 4) is 0 Å². The lowest BCUT2D eigenvalue weighted by Gasteiger charge is -2.21. The highest BCUT2D eigenvalue weighted by molar-refractivity contribution is 9.09. The Bertz CT molecular complexity index is 592. The molecule has 0 amide bonds. The molecule has 1 aliphatic rings. The summed E-state index contributed by atoms with van der Waals surface area (Å²) < 4.78 is 0. The van der Waals surface area contributed by atoms with Crippen LogP contribution in [0.5, 0.6) is 0 Å². The second kappa shape index (κ2) is 9.80. The molecule has 2 aromatic carbocycles. The first kappa shape index (κ1) is 19.0. The predicted octanol–water partition coefficient (Wildman–Crippen LogP) is 6.00. The maximum absolute atomic E-state index is 3.15. The van der Waals surface area contributed by atoms with E-state index in [1.165, 1.54) is 29.7 Å². The fraction of sp³-hybridized carbons (Fsp3) is 0.364. The van der Waals surface area contributed by atoms with Crippen molar-refractivity contribution in [3.63, 3.8) is 0 Å². The molecule has 0 aliphatic carbocycles. The Balaban J connectivity index is 0.000000647. The molecule has 24 heavy (non-hydrogen) atoms. The first-order valence-electron chi connectivity index (χ1n) is 8.86. The van der Waals surface area contributed by atoms with Crippen molar-refractivity contribution in [3.05, 3.63) is 77.4 Å². The highest BCUT2D eigenvalue weighted by Crippen LogP contribution is 2.35. The van der Waals surface area contributed by atoms with Gasteiger partial charge in [-0.2, -0.15) is 0 Å². The lowest BCUT2D eigenvalue weighted by molar-refractivity contribution is 0.298. The maximum atomic E-state index is 3.15. The van der Waals surface area contributed by atoms with Crippen LogP contribution in [0.2, 0.25) is 0 Å². The van der Waals surface area contributed by atoms with Crippen LogP contribution in [0.3, 0.4) is 0 Å². The average molecular weight is 386 g/mol. The Morgan fingerprint density at radius 1 is 0.958 bits per heavy atom. The summed E-state index contributed by atoms with van der Waals surface area (Å²) in [7, 11) is 0. The molecule has 1 heterocycles. The van der Waals surface area contributed by atoms with Gasteiger partial charge < -0.3 is 0 Å². The quantitative estimate of drug-likeness (QED) is 0.585. The zero-order chi connectivity index (χ0) is 17.4. The first-order valence-corrected chi connectivity index (χ1v) is 9.98. The fourth-order valence-corrected chi connectivity index (χ4v) is 3.40. The predicted molar refractivity (Wildman–Crippen MR) is 110 cm³/mol. The van der Waals surface area contributed by atoms with Crippen LogP contribution in [0.1, 0.15) is 38.3 Å². The summed E-state index contributed by atoms with van der Waals surface area (Å²) in [6.45, 7) is 8.94. The van der Waals surface area contributed by atoms with Gasteiger partial charge >= 0.3 is 0 Å². The third-order valence-electron chi connectivity index (χ3n) is 4.57. The van der Waals surface area contributed by atoms with Gasteiger partial charge in [-0.1, -0.05) is 90.4 Å². The monoisotopic (exact) mass is 385 g/mol. The van der Waals surface area contributed by atoms with E-state index in [1.54, 1.807) is 5.57 Å². The lowest BCUT2D eigenvalue weighted by atomic mass is 9.90. The van der Waals surface area contributed by atoms with Crippen molar-refractivity contribution in [2.75, 3.05) is 18.4 Å². The van der Waals surface area contributed by atoms with Crippen molar-refractivity contribution >= 4 is 21.5 Å². The molecule has 0 aromatic heterocycles. The van der Waals surface area contributed by atoms with Crippen LogP contribution in [0, 0.1) is 0 Å². The Labute approximate surface area is 155 Å². The zero-order valence-electron chi connectivity index (χ0n) is 15.0. The molecule has 1 fully saturated rings. The van der Waals surface area contributed by atoms with E-state index in [1.807, 2.05) is 6.92 Å². The molecule has 0 bridgehead atoms. The molecular weight excluding hydrogens is 358 g/mol. The van der Waals surface area contributed by atoms with Crippen molar-refractivity contribution in [2.24, 2.45) is 0 Å². The van der Waals surface area contributed by atoms with Gasteiger partial charge in [0, 0.05) is 17.9 Å². The highest BCUT2D eigenvalue weighted by Gasteiger charge is 2.27. The molecule has 1 nitrogen and oxygen atoms in total. The molecule has 1 saturated heterocycles. The Kier molecular flexibility index (Phi) is 7.74. The van der Waals surface area contributed by atoms with Crippen LogP contribution >= 0.6 is 15.9 Å². The van der Waals surface area contributed by atoms with Crippen molar-refractivity contribution in [1.29, 1.82) is 0 Å². The van der Waals surface area contributed by atoms with Crippen molar-refractivity contribution in [1.82, 2.24) is 4.90 Å². The number of benzene rings is 2. The number of rotatable bonds is 3. The zero-order valence-corrected chi connectivity index (χ0v) is 16.6. The number of nitrogens with zero attached hydrogens (tertiary/aromatic N) is 1. The van der Waals surface area contributed by atoms with Gasteiger partial charge in [-0.25, -0.2) is 0 Å². The van der Waals surface area contributed by atoms with Crippen LogP contribution in [-0.2, 0) is 0 Å². The normalized spacial score (nSPS) is 17.3. The van der Waals surface area contributed by atoms with E-state index in [9.17, 15) is 0 Å². The number of alkyl halides is 1. The Morgan fingerprint density at radius 2 is 1.42 bits per heavy atom. The van der Waals surface area contributed by atoms with E-state index >= 15 is 0 Å². The number of likely N-dealkylation sites (tertiary alicyclic amines) is 1. The second-order valence-corrected chi connectivity index (χ2v) is 7.08. The van der Waals surface area contributed by atoms with Gasteiger partial charge in [0.05, 0.1) is 0 Å². The summed E-state index contributed by atoms with van der Waals surface area (Å²) in [4.78, 5) is 2.56. The number of halogens is 1. The lowest BCUT2D eigenvalue weighted by Crippen LogP contribution is -2.27. The van der Waals surface area contributed by atoms with Crippen molar-refractivity contribution < 1.29 is 0 Å². The summed E-state index contributed by atoms with van der Waals surface area (Å²) >= 11 is 3.15. The molecule has 0 N–H and O–H groups in total. The van der Waals surface area contributed by atoms with Crippen LogP contribution in [0.15, 0.2) is 66.2 Å². The molecule has 1 aliphatic heterocycles. The highest BCUT2D eigenvalue weighted by atomic mass is 79.9. The summed E-state index contributed by atoms with van der Waals surface area (Å²) in [5, 5.41) is 1.06. The van der Waals surface area contributed by atoms with Gasteiger partial charge in [0.1, 0.15) is 0 Å². The van der Waals surface area contributed by atoms with Crippen LogP contribution < -0.4 is 0 Å². The van der Waals surface area contributed by atoms with Crippen LogP contribution in [0.25, 0.3) is 5.57 Å². The van der Waals surface area contributed by atoms with Crippen LogP contribution in [0.4, 0.5) is 0 Å². The van der Waals surface area contributed by atoms with Gasteiger partial charge in [0.2, 0.25) is 0 Å². The molecule has 1 unspecified atom stereocenters. The number of likely N-dealkylation sites (N-methyl/N-ethyl adjacent to an activating group) is 1. The Hall–Kier alpha value is -1.38. The van der Waals surface area contributed by atoms with E-state index < -0.39 is 0 Å². The first-order chi connectivity index (χ1) is 11.7. The molecule has 0 radical (unpaired) electrons. The smallest absolute Gasteiger partial charge is 0.0289 e. The van der Waals surface area contributed by atoms with Crippen molar-refractivity contribution in [2.45, 2.75) is 33.2 Å². The van der Waals surface area contributed by atoms with Crippen LogP contribution in [-0.4, -0.2) is 29.4 Å². The largest absolute Gasteiger partial charge is 0.297 e. The minimum Gasteiger partial charge on any atom is -0.297 e. The molecule has 0 saturated carbocycles. The summed E-state index contributed by atoms with van der Waals surface area (Å²) in [6, 6.07) is 22.2. The topological polar surface area (TPSA) is 3.24 Å². The average Bonchev–Trinajstić information content (AvgIpc) is 2.98. The van der Waals surface area contributed by atoms with E-state index in [2.05, 4.69) is 95.3 Å². The van der Waals surface area contributed by atoms with E-state index in [4.69, 9.17) is 0 Å². The third-order valence-corrected chi connectivity index (χ3v) is 4.57. The number of hydrogen-bond donors (Lipinski definition) is 0. The maximum Gasteiger partial charge on any atom is 0.0289 e. The Morgan fingerprint density at radius 3 is 1.79 bits per heavy atom. The molecule has 2 aromatic rings. The van der Waals surface area contributed by atoms with Gasteiger partial charge in [-0.15, -0.1) is 0 Å². The minimum atomic E-state index is 0.533. The van der Waals surface area contributed by atoms with Gasteiger partial charge in [0.15, 0.2) is 0 Å². The second-order valence-electron chi connectivity index (χ2n) is 5.95. The third kappa shape index (κ3) is 4.58. The minimum absolute atomic E-state index is 0.533. The SMILES string of the molecule is CCBr.CCN1CCC(=C(c2ccccc2)c2ccccc2)C1C. The van der Waals surface area contributed by atoms with Gasteiger partial charge in [0.25, 0.3) is 0 Å². The molecule has 2 heteroatoms.